The normalized spacial score (nSPS) is 19.3. The predicted octanol–water partition coefficient (Wildman–Crippen LogP) is 3.78. The molecule has 1 heterocycles. The maximum absolute atomic E-state index is 10.2. The van der Waals surface area contributed by atoms with E-state index in [9.17, 15) is 5.11 Å². The van der Waals surface area contributed by atoms with Crippen molar-refractivity contribution in [2.24, 2.45) is 0 Å². The van der Waals surface area contributed by atoms with Gasteiger partial charge in [0.05, 0.1) is 5.60 Å². The van der Waals surface area contributed by atoms with Gasteiger partial charge in [0.1, 0.15) is 0 Å². The van der Waals surface area contributed by atoms with Crippen molar-refractivity contribution in [1.82, 2.24) is 5.32 Å². The number of hydrogen-bond donors (Lipinski definition) is 2. The summed E-state index contributed by atoms with van der Waals surface area (Å²) in [5.41, 5.74) is 0.931. The third-order valence-corrected chi connectivity index (χ3v) is 5.75. The lowest BCUT2D eigenvalue weighted by molar-refractivity contribution is -0.0328. The lowest BCUT2D eigenvalue weighted by Gasteiger charge is -2.37. The van der Waals surface area contributed by atoms with Crippen LogP contribution in [0.25, 0.3) is 10.1 Å². The third-order valence-electron chi connectivity index (χ3n) is 4.30. The van der Waals surface area contributed by atoms with E-state index in [2.05, 4.69) is 43.4 Å². The number of thiophene rings is 1. The van der Waals surface area contributed by atoms with Crippen molar-refractivity contribution in [2.75, 3.05) is 6.54 Å². The van der Waals surface area contributed by atoms with E-state index in [0.717, 1.165) is 19.3 Å². The van der Waals surface area contributed by atoms with Gasteiger partial charge in [-0.3, -0.25) is 0 Å². The standard InChI is InChI=1S/C16H21NOS/c1-11-13-6-3-4-7-14(13)19-15(11)12(2)17-10-16(18)8-5-9-16/h3-4,6-7,12,17-18H,5,8-10H2,1-2H3. The van der Waals surface area contributed by atoms with Crippen LogP contribution in [0.4, 0.5) is 0 Å². The zero-order chi connectivity index (χ0) is 13.5. The minimum Gasteiger partial charge on any atom is -0.389 e. The van der Waals surface area contributed by atoms with Crippen LogP contribution in [0.5, 0.6) is 0 Å². The Morgan fingerprint density at radius 2 is 2.11 bits per heavy atom. The summed E-state index contributed by atoms with van der Waals surface area (Å²) in [5, 5.41) is 15.0. The zero-order valence-corrected chi connectivity index (χ0v) is 12.4. The van der Waals surface area contributed by atoms with E-state index in [1.165, 1.54) is 20.5 Å². The molecule has 3 rings (SSSR count). The molecule has 1 aliphatic rings. The maximum Gasteiger partial charge on any atom is 0.0771 e. The highest BCUT2D eigenvalue weighted by Gasteiger charge is 2.34. The van der Waals surface area contributed by atoms with E-state index in [0.29, 0.717) is 12.6 Å². The highest BCUT2D eigenvalue weighted by atomic mass is 32.1. The first kappa shape index (κ1) is 13.1. The van der Waals surface area contributed by atoms with E-state index in [-0.39, 0.29) is 0 Å². The van der Waals surface area contributed by atoms with Crippen molar-refractivity contribution in [2.45, 2.75) is 44.8 Å². The summed E-state index contributed by atoms with van der Waals surface area (Å²) in [6.45, 7) is 5.10. The van der Waals surface area contributed by atoms with Crippen LogP contribution in [-0.2, 0) is 0 Å². The minimum atomic E-state index is -0.446. The number of rotatable bonds is 4. The molecule has 3 heteroatoms. The lowest BCUT2D eigenvalue weighted by Crippen LogP contribution is -2.46. The molecule has 2 N–H and O–H groups in total. The Kier molecular flexibility index (Phi) is 3.37. The Bertz CT molecular complexity index is 585. The molecule has 1 saturated carbocycles. The first-order valence-corrected chi connectivity index (χ1v) is 7.84. The van der Waals surface area contributed by atoms with Gasteiger partial charge in [0.2, 0.25) is 0 Å². The fraction of sp³-hybridized carbons (Fsp3) is 0.500. The van der Waals surface area contributed by atoms with Gasteiger partial charge in [-0.25, -0.2) is 0 Å². The van der Waals surface area contributed by atoms with Gasteiger partial charge >= 0.3 is 0 Å². The average molecular weight is 275 g/mol. The number of fused-ring (bicyclic) bond motifs is 1. The van der Waals surface area contributed by atoms with E-state index in [1.54, 1.807) is 0 Å². The molecular weight excluding hydrogens is 254 g/mol. The predicted molar refractivity (Wildman–Crippen MR) is 81.8 cm³/mol. The van der Waals surface area contributed by atoms with Crippen molar-refractivity contribution in [3.63, 3.8) is 0 Å². The fourth-order valence-corrected chi connectivity index (χ4v) is 4.04. The number of aryl methyl sites for hydroxylation is 1. The van der Waals surface area contributed by atoms with Crippen LogP contribution in [0, 0.1) is 6.92 Å². The van der Waals surface area contributed by atoms with Crippen molar-refractivity contribution < 1.29 is 5.11 Å². The van der Waals surface area contributed by atoms with Crippen molar-refractivity contribution in [1.29, 1.82) is 0 Å². The summed E-state index contributed by atoms with van der Waals surface area (Å²) in [4.78, 5) is 1.39. The second-order valence-electron chi connectivity index (χ2n) is 5.77. The maximum atomic E-state index is 10.2. The third kappa shape index (κ3) is 2.42. The molecule has 0 saturated heterocycles. The highest BCUT2D eigenvalue weighted by molar-refractivity contribution is 7.19. The summed E-state index contributed by atoms with van der Waals surface area (Å²) in [6.07, 6.45) is 3.05. The molecule has 0 amide bonds. The van der Waals surface area contributed by atoms with Crippen molar-refractivity contribution in [3.05, 3.63) is 34.7 Å². The summed E-state index contributed by atoms with van der Waals surface area (Å²) < 4.78 is 1.35. The molecule has 1 aromatic heterocycles. The number of hydrogen-bond acceptors (Lipinski definition) is 3. The fourth-order valence-electron chi connectivity index (χ4n) is 2.80. The van der Waals surface area contributed by atoms with Gasteiger partial charge in [-0.15, -0.1) is 11.3 Å². The first-order chi connectivity index (χ1) is 9.09. The number of nitrogens with one attached hydrogen (secondary N) is 1. The molecule has 102 valence electrons. The van der Waals surface area contributed by atoms with Gasteiger partial charge in [-0.05, 0) is 50.1 Å². The van der Waals surface area contributed by atoms with E-state index < -0.39 is 5.60 Å². The Morgan fingerprint density at radius 1 is 1.37 bits per heavy atom. The molecule has 19 heavy (non-hydrogen) atoms. The lowest BCUT2D eigenvalue weighted by atomic mass is 9.80. The minimum absolute atomic E-state index is 0.307. The van der Waals surface area contributed by atoms with Crippen LogP contribution in [0.3, 0.4) is 0 Å². The van der Waals surface area contributed by atoms with Crippen LogP contribution >= 0.6 is 11.3 Å². The molecular formula is C16H21NOS. The molecule has 1 aliphatic carbocycles. The van der Waals surface area contributed by atoms with Gasteiger partial charge in [-0.1, -0.05) is 18.2 Å². The van der Waals surface area contributed by atoms with Crippen LogP contribution in [0.1, 0.15) is 42.7 Å². The quantitative estimate of drug-likeness (QED) is 0.890. The molecule has 0 aliphatic heterocycles. The first-order valence-electron chi connectivity index (χ1n) is 7.03. The van der Waals surface area contributed by atoms with Gasteiger partial charge in [-0.2, -0.15) is 0 Å². The molecule has 1 fully saturated rings. The molecule has 0 bridgehead atoms. The Morgan fingerprint density at radius 3 is 2.74 bits per heavy atom. The zero-order valence-electron chi connectivity index (χ0n) is 11.6. The van der Waals surface area contributed by atoms with Crippen molar-refractivity contribution in [3.8, 4) is 0 Å². The monoisotopic (exact) mass is 275 g/mol. The molecule has 1 unspecified atom stereocenters. The van der Waals surface area contributed by atoms with Crippen LogP contribution in [0.2, 0.25) is 0 Å². The largest absolute Gasteiger partial charge is 0.389 e. The summed E-state index contributed by atoms with van der Waals surface area (Å²) in [7, 11) is 0. The van der Waals surface area contributed by atoms with Gasteiger partial charge < -0.3 is 10.4 Å². The Balaban J connectivity index is 1.77. The molecule has 0 spiro atoms. The molecule has 0 radical (unpaired) electrons. The summed E-state index contributed by atoms with van der Waals surface area (Å²) in [5.74, 6) is 0. The topological polar surface area (TPSA) is 32.3 Å². The van der Waals surface area contributed by atoms with Crippen LogP contribution in [0.15, 0.2) is 24.3 Å². The average Bonchev–Trinajstić information content (AvgIpc) is 2.72. The van der Waals surface area contributed by atoms with E-state index in [1.807, 2.05) is 11.3 Å². The number of aliphatic hydroxyl groups is 1. The molecule has 1 atom stereocenters. The second-order valence-corrected chi connectivity index (χ2v) is 6.85. The summed E-state index contributed by atoms with van der Waals surface area (Å²) in [6, 6.07) is 8.87. The summed E-state index contributed by atoms with van der Waals surface area (Å²) >= 11 is 1.86. The molecule has 2 aromatic rings. The molecule has 1 aromatic carbocycles. The highest BCUT2D eigenvalue weighted by Crippen LogP contribution is 2.36. The van der Waals surface area contributed by atoms with Gasteiger partial charge in [0, 0.05) is 22.2 Å². The van der Waals surface area contributed by atoms with E-state index >= 15 is 0 Å². The second kappa shape index (κ2) is 4.89. The smallest absolute Gasteiger partial charge is 0.0771 e. The van der Waals surface area contributed by atoms with Crippen LogP contribution < -0.4 is 5.32 Å². The molecule has 2 nitrogen and oxygen atoms in total. The van der Waals surface area contributed by atoms with Crippen molar-refractivity contribution >= 4 is 21.4 Å². The van der Waals surface area contributed by atoms with Crippen LogP contribution in [-0.4, -0.2) is 17.3 Å². The number of benzene rings is 1. The van der Waals surface area contributed by atoms with Gasteiger partial charge in [0.15, 0.2) is 0 Å². The SMILES string of the molecule is Cc1c(C(C)NCC2(O)CCC2)sc2ccccc12. The van der Waals surface area contributed by atoms with E-state index in [4.69, 9.17) is 0 Å². The Labute approximate surface area is 118 Å². The Hall–Kier alpha value is -0.900. The van der Waals surface area contributed by atoms with Gasteiger partial charge in [0.25, 0.3) is 0 Å².